The highest BCUT2D eigenvalue weighted by molar-refractivity contribution is 7.09. The smallest absolute Gasteiger partial charge is 0.131 e. The topological polar surface area (TPSA) is 33.1 Å². The lowest BCUT2D eigenvalue weighted by molar-refractivity contribution is 0.219. The largest absolute Gasteiger partial charge is 0.381 e. The van der Waals surface area contributed by atoms with E-state index < -0.39 is 6.10 Å². The summed E-state index contributed by atoms with van der Waals surface area (Å²) in [5.41, 5.74) is 3.16. The minimum Gasteiger partial charge on any atom is -0.381 e. The number of aryl methyl sites for hydroxylation is 1. The van der Waals surface area contributed by atoms with Gasteiger partial charge in [-0.15, -0.1) is 11.3 Å². The number of thiazole rings is 1. The predicted octanol–water partition coefficient (Wildman–Crippen LogP) is 3.66. The molecule has 0 amide bonds. The van der Waals surface area contributed by atoms with Gasteiger partial charge < -0.3 is 5.11 Å². The van der Waals surface area contributed by atoms with Gasteiger partial charge in [-0.2, -0.15) is 0 Å². The SMILES string of the molecule is Cc1csc(C(O)c2ccc(C(C)C)cc2)n1. The van der Waals surface area contributed by atoms with Crippen molar-refractivity contribution in [3.63, 3.8) is 0 Å². The quantitative estimate of drug-likeness (QED) is 0.898. The number of nitrogens with zero attached hydrogens (tertiary/aromatic N) is 1. The summed E-state index contributed by atoms with van der Waals surface area (Å²) < 4.78 is 0. The molecule has 0 saturated carbocycles. The molecule has 1 unspecified atom stereocenters. The van der Waals surface area contributed by atoms with Crippen LogP contribution >= 0.6 is 11.3 Å². The third-order valence-electron chi connectivity index (χ3n) is 2.79. The molecule has 2 nitrogen and oxygen atoms in total. The molecular formula is C14H17NOS. The molecule has 90 valence electrons. The third kappa shape index (κ3) is 2.73. The Bertz CT molecular complexity index is 487. The molecule has 0 aliphatic carbocycles. The number of aromatic nitrogens is 1. The van der Waals surface area contributed by atoms with E-state index in [1.165, 1.54) is 16.9 Å². The Kier molecular flexibility index (Phi) is 3.60. The fourth-order valence-electron chi connectivity index (χ4n) is 1.70. The summed E-state index contributed by atoms with van der Waals surface area (Å²) in [6, 6.07) is 8.11. The Morgan fingerprint density at radius 3 is 2.18 bits per heavy atom. The highest BCUT2D eigenvalue weighted by Crippen LogP contribution is 2.26. The van der Waals surface area contributed by atoms with Gasteiger partial charge in [0.25, 0.3) is 0 Å². The van der Waals surface area contributed by atoms with Crippen molar-refractivity contribution in [1.82, 2.24) is 4.98 Å². The van der Waals surface area contributed by atoms with Gasteiger partial charge in [-0.1, -0.05) is 38.1 Å². The van der Waals surface area contributed by atoms with Gasteiger partial charge >= 0.3 is 0 Å². The molecule has 1 aromatic heterocycles. The number of aliphatic hydroxyl groups is 1. The standard InChI is InChI=1S/C14H17NOS/c1-9(2)11-4-6-12(7-5-11)13(16)14-15-10(3)8-17-14/h4-9,13,16H,1-3H3. The zero-order chi connectivity index (χ0) is 12.4. The first kappa shape index (κ1) is 12.3. The third-order valence-corrected chi connectivity index (χ3v) is 3.80. The second-order valence-corrected chi connectivity index (χ2v) is 5.44. The van der Waals surface area contributed by atoms with E-state index >= 15 is 0 Å². The number of rotatable bonds is 3. The van der Waals surface area contributed by atoms with Crippen LogP contribution in [0.15, 0.2) is 29.6 Å². The van der Waals surface area contributed by atoms with E-state index in [4.69, 9.17) is 0 Å². The highest BCUT2D eigenvalue weighted by atomic mass is 32.1. The summed E-state index contributed by atoms with van der Waals surface area (Å²) in [6.07, 6.45) is -0.602. The maximum atomic E-state index is 10.2. The maximum absolute atomic E-state index is 10.2. The maximum Gasteiger partial charge on any atom is 0.131 e. The first-order valence-corrected chi connectivity index (χ1v) is 6.66. The van der Waals surface area contributed by atoms with Gasteiger partial charge in [0.1, 0.15) is 11.1 Å². The van der Waals surface area contributed by atoms with Crippen molar-refractivity contribution in [1.29, 1.82) is 0 Å². The fraction of sp³-hybridized carbons (Fsp3) is 0.357. The molecule has 1 N–H and O–H groups in total. The Balaban J connectivity index is 2.22. The van der Waals surface area contributed by atoms with Crippen LogP contribution in [0.4, 0.5) is 0 Å². The van der Waals surface area contributed by atoms with Crippen molar-refractivity contribution in [2.24, 2.45) is 0 Å². The van der Waals surface area contributed by atoms with Crippen molar-refractivity contribution in [2.75, 3.05) is 0 Å². The second-order valence-electron chi connectivity index (χ2n) is 4.55. The summed E-state index contributed by atoms with van der Waals surface area (Å²) in [5.74, 6) is 0.517. The minimum absolute atomic E-state index is 0.517. The van der Waals surface area contributed by atoms with E-state index in [9.17, 15) is 5.11 Å². The molecule has 0 spiro atoms. The summed E-state index contributed by atoms with van der Waals surface area (Å²) in [6.45, 7) is 6.26. The van der Waals surface area contributed by atoms with Crippen LogP contribution in [0.1, 0.15) is 47.7 Å². The molecule has 1 atom stereocenters. The van der Waals surface area contributed by atoms with Crippen LogP contribution in [0.3, 0.4) is 0 Å². The zero-order valence-corrected chi connectivity index (χ0v) is 11.2. The summed E-state index contributed by atoms with van der Waals surface area (Å²) in [4.78, 5) is 4.31. The minimum atomic E-state index is -0.602. The molecule has 0 saturated heterocycles. The van der Waals surface area contributed by atoms with Gasteiger partial charge in [0.05, 0.1) is 0 Å². The number of hydrogen-bond donors (Lipinski definition) is 1. The van der Waals surface area contributed by atoms with Crippen LogP contribution in [-0.2, 0) is 0 Å². The van der Waals surface area contributed by atoms with Gasteiger partial charge in [0, 0.05) is 11.1 Å². The monoisotopic (exact) mass is 247 g/mol. The molecule has 2 aromatic rings. The predicted molar refractivity (Wildman–Crippen MR) is 71.4 cm³/mol. The second kappa shape index (κ2) is 4.98. The van der Waals surface area contributed by atoms with Gasteiger partial charge in [0.2, 0.25) is 0 Å². The van der Waals surface area contributed by atoms with Crippen LogP contribution in [0, 0.1) is 6.92 Å². The highest BCUT2D eigenvalue weighted by Gasteiger charge is 2.13. The first-order valence-electron chi connectivity index (χ1n) is 5.78. The van der Waals surface area contributed by atoms with E-state index in [0.29, 0.717) is 5.92 Å². The van der Waals surface area contributed by atoms with Gasteiger partial charge in [-0.3, -0.25) is 0 Å². The van der Waals surface area contributed by atoms with Crippen molar-refractivity contribution in [3.8, 4) is 0 Å². The van der Waals surface area contributed by atoms with Crippen LogP contribution in [0.5, 0.6) is 0 Å². The van der Waals surface area contributed by atoms with Crippen LogP contribution in [0.25, 0.3) is 0 Å². The zero-order valence-electron chi connectivity index (χ0n) is 10.3. The van der Waals surface area contributed by atoms with E-state index in [0.717, 1.165) is 16.3 Å². The number of benzene rings is 1. The van der Waals surface area contributed by atoms with E-state index in [-0.39, 0.29) is 0 Å². The van der Waals surface area contributed by atoms with Crippen LogP contribution in [0.2, 0.25) is 0 Å². The summed E-state index contributed by atoms with van der Waals surface area (Å²) in [5, 5.41) is 12.9. The Labute approximate surface area is 106 Å². The average molecular weight is 247 g/mol. The first-order chi connectivity index (χ1) is 8.08. The normalized spacial score (nSPS) is 13.0. The van der Waals surface area contributed by atoms with E-state index in [2.05, 4.69) is 31.0 Å². The molecule has 0 aliphatic heterocycles. The number of aliphatic hydroxyl groups excluding tert-OH is 1. The average Bonchev–Trinajstić information content (AvgIpc) is 2.75. The Morgan fingerprint density at radius 2 is 1.71 bits per heavy atom. The molecule has 0 radical (unpaired) electrons. The van der Waals surface area contributed by atoms with E-state index in [1.807, 2.05) is 24.4 Å². The lowest BCUT2D eigenvalue weighted by Gasteiger charge is -2.10. The summed E-state index contributed by atoms with van der Waals surface area (Å²) in [7, 11) is 0. The summed E-state index contributed by atoms with van der Waals surface area (Å²) >= 11 is 1.50. The van der Waals surface area contributed by atoms with Crippen molar-refractivity contribution >= 4 is 11.3 Å². The van der Waals surface area contributed by atoms with E-state index in [1.54, 1.807) is 0 Å². The van der Waals surface area contributed by atoms with Crippen molar-refractivity contribution in [3.05, 3.63) is 51.5 Å². The molecule has 17 heavy (non-hydrogen) atoms. The van der Waals surface area contributed by atoms with Crippen LogP contribution < -0.4 is 0 Å². The molecule has 0 bridgehead atoms. The Hall–Kier alpha value is -1.19. The van der Waals surface area contributed by atoms with Crippen LogP contribution in [-0.4, -0.2) is 10.1 Å². The molecular weight excluding hydrogens is 230 g/mol. The van der Waals surface area contributed by atoms with Crippen molar-refractivity contribution < 1.29 is 5.11 Å². The molecule has 1 heterocycles. The number of hydrogen-bond acceptors (Lipinski definition) is 3. The van der Waals surface area contributed by atoms with Gasteiger partial charge in [-0.25, -0.2) is 4.98 Å². The molecule has 2 rings (SSSR count). The van der Waals surface area contributed by atoms with Gasteiger partial charge in [-0.05, 0) is 24.0 Å². The molecule has 3 heteroatoms. The lowest BCUT2D eigenvalue weighted by Crippen LogP contribution is -1.99. The van der Waals surface area contributed by atoms with Crippen molar-refractivity contribution in [2.45, 2.75) is 32.8 Å². The lowest BCUT2D eigenvalue weighted by atomic mass is 10.0. The fourth-order valence-corrected chi connectivity index (χ4v) is 2.51. The molecule has 1 aromatic carbocycles. The van der Waals surface area contributed by atoms with Gasteiger partial charge in [0.15, 0.2) is 0 Å². The molecule has 0 aliphatic rings. The Morgan fingerprint density at radius 1 is 1.12 bits per heavy atom. The molecule has 0 fully saturated rings.